The average molecular weight is 268 g/mol. The normalized spacial score (nSPS) is 13.2. The van der Waals surface area contributed by atoms with Crippen LogP contribution in [-0.4, -0.2) is 21.8 Å². The van der Waals surface area contributed by atoms with Crippen molar-refractivity contribution in [2.24, 2.45) is 0 Å². The number of hydrogen-bond acceptors (Lipinski definition) is 3. The first kappa shape index (κ1) is 14.9. The summed E-state index contributed by atoms with van der Waals surface area (Å²) in [6, 6.07) is 5.25. The largest absolute Gasteiger partial charge is 0.496 e. The highest BCUT2D eigenvalue weighted by atomic mass is 32.2. The van der Waals surface area contributed by atoms with E-state index in [9.17, 15) is 9.00 Å². The van der Waals surface area contributed by atoms with E-state index in [0.29, 0.717) is 17.1 Å². The van der Waals surface area contributed by atoms with Gasteiger partial charge in [0.25, 0.3) is 0 Å². The number of hydrogen-bond donors (Lipinski definition) is 0. The van der Waals surface area contributed by atoms with Crippen LogP contribution in [0.3, 0.4) is 0 Å². The quantitative estimate of drug-likeness (QED) is 0.789. The van der Waals surface area contributed by atoms with Gasteiger partial charge in [-0.25, -0.2) is 0 Å². The molecule has 0 aliphatic heterocycles. The molecule has 0 bridgehead atoms. The van der Waals surface area contributed by atoms with Gasteiger partial charge >= 0.3 is 0 Å². The lowest BCUT2D eigenvalue weighted by molar-refractivity contribution is 0.101. The van der Waals surface area contributed by atoms with Crippen molar-refractivity contribution in [3.05, 3.63) is 29.3 Å². The van der Waals surface area contributed by atoms with Crippen LogP contribution in [0, 0.1) is 0 Å². The molecule has 4 heteroatoms. The summed E-state index contributed by atoms with van der Waals surface area (Å²) in [4.78, 5) is 11.4. The zero-order valence-corrected chi connectivity index (χ0v) is 12.4. The molecule has 0 fully saturated rings. The average Bonchev–Trinajstić information content (AvgIpc) is 2.27. The van der Waals surface area contributed by atoms with Gasteiger partial charge in [-0.3, -0.25) is 9.00 Å². The number of ether oxygens (including phenoxy) is 1. The van der Waals surface area contributed by atoms with Gasteiger partial charge in [0.15, 0.2) is 5.78 Å². The van der Waals surface area contributed by atoms with Gasteiger partial charge in [-0.2, -0.15) is 0 Å². The molecule has 1 atom stereocenters. The molecule has 0 heterocycles. The summed E-state index contributed by atoms with van der Waals surface area (Å²) in [6.45, 7) is 7.32. The van der Waals surface area contributed by atoms with Crippen LogP contribution < -0.4 is 4.74 Å². The molecule has 0 amide bonds. The van der Waals surface area contributed by atoms with E-state index in [4.69, 9.17) is 4.74 Å². The zero-order valence-electron chi connectivity index (χ0n) is 11.6. The fourth-order valence-electron chi connectivity index (χ4n) is 1.47. The predicted molar refractivity (Wildman–Crippen MR) is 74.6 cm³/mol. The first-order chi connectivity index (χ1) is 8.25. The van der Waals surface area contributed by atoms with Crippen molar-refractivity contribution in [3.8, 4) is 5.75 Å². The van der Waals surface area contributed by atoms with Crippen molar-refractivity contribution in [2.45, 2.75) is 38.2 Å². The predicted octanol–water partition coefficient (Wildman–Crippen LogP) is 2.95. The van der Waals surface area contributed by atoms with Crippen molar-refractivity contribution in [3.63, 3.8) is 0 Å². The number of carbonyl (C=O) groups excluding carboxylic acids is 1. The number of rotatable bonds is 4. The van der Waals surface area contributed by atoms with Crippen molar-refractivity contribution in [1.29, 1.82) is 0 Å². The fourth-order valence-corrected chi connectivity index (χ4v) is 2.41. The summed E-state index contributed by atoms with van der Waals surface area (Å²) in [5.74, 6) is 1.08. The minimum Gasteiger partial charge on any atom is -0.496 e. The van der Waals surface area contributed by atoms with Crippen LogP contribution in [0.4, 0.5) is 0 Å². The number of Topliss-reactive ketones (excluding diaryl/α,β-unsaturated/α-hetero) is 1. The molecule has 0 radical (unpaired) electrons. The highest BCUT2D eigenvalue weighted by molar-refractivity contribution is 7.85. The van der Waals surface area contributed by atoms with E-state index in [2.05, 4.69) is 0 Å². The molecule has 3 nitrogen and oxygen atoms in total. The highest BCUT2D eigenvalue weighted by Gasteiger charge is 2.21. The van der Waals surface area contributed by atoms with Crippen LogP contribution in [0.5, 0.6) is 5.75 Å². The Bertz CT molecular complexity index is 472. The van der Waals surface area contributed by atoms with Crippen molar-refractivity contribution < 1.29 is 13.7 Å². The lowest BCUT2D eigenvalue weighted by Gasteiger charge is -2.19. The number of carbonyl (C=O) groups is 1. The maximum absolute atomic E-state index is 12.2. The lowest BCUT2D eigenvalue weighted by atomic mass is 10.1. The van der Waals surface area contributed by atoms with E-state index in [0.717, 1.165) is 5.56 Å². The fraction of sp³-hybridized carbons (Fsp3) is 0.500. The van der Waals surface area contributed by atoms with E-state index in [1.807, 2.05) is 20.8 Å². The second-order valence-electron chi connectivity index (χ2n) is 5.19. The van der Waals surface area contributed by atoms with Crippen molar-refractivity contribution >= 4 is 16.6 Å². The van der Waals surface area contributed by atoms with Gasteiger partial charge in [0.2, 0.25) is 0 Å². The Morgan fingerprint density at radius 2 is 1.94 bits per heavy atom. The molecule has 1 unspecified atom stereocenters. The third-order valence-corrected chi connectivity index (χ3v) is 4.60. The van der Waals surface area contributed by atoms with Crippen LogP contribution in [0.1, 0.15) is 43.6 Å². The van der Waals surface area contributed by atoms with Gasteiger partial charge in [0.05, 0.1) is 12.9 Å². The molecule has 18 heavy (non-hydrogen) atoms. The molecule has 0 saturated carbocycles. The first-order valence-corrected chi connectivity index (χ1v) is 7.14. The Morgan fingerprint density at radius 1 is 1.33 bits per heavy atom. The molecule has 1 aromatic carbocycles. The molecule has 0 aliphatic rings. The highest BCUT2D eigenvalue weighted by Crippen LogP contribution is 2.25. The molecule has 1 rings (SSSR count). The lowest BCUT2D eigenvalue weighted by Crippen LogP contribution is -2.23. The Hall–Kier alpha value is -1.16. The number of benzene rings is 1. The van der Waals surface area contributed by atoms with E-state index in [1.54, 1.807) is 25.3 Å². The third kappa shape index (κ3) is 3.67. The van der Waals surface area contributed by atoms with Gasteiger partial charge < -0.3 is 4.74 Å². The molecule has 0 aliphatic carbocycles. The smallest absolute Gasteiger partial charge is 0.159 e. The maximum atomic E-state index is 12.2. The summed E-state index contributed by atoms with van der Waals surface area (Å²) in [7, 11) is 0.563. The summed E-state index contributed by atoms with van der Waals surface area (Å²) >= 11 is 0. The summed E-state index contributed by atoms with van der Waals surface area (Å²) in [6.07, 6.45) is 0. The molecule has 1 aromatic rings. The Morgan fingerprint density at radius 3 is 2.39 bits per heavy atom. The van der Waals surface area contributed by atoms with Crippen LogP contribution in [0.15, 0.2) is 18.2 Å². The molecule has 100 valence electrons. The molecule has 0 saturated heterocycles. The van der Waals surface area contributed by atoms with E-state index >= 15 is 0 Å². The Kier molecular flexibility index (Phi) is 4.68. The molecular formula is C14H20O3S. The van der Waals surface area contributed by atoms with Gasteiger partial charge in [-0.05, 0) is 45.9 Å². The van der Waals surface area contributed by atoms with E-state index < -0.39 is 10.8 Å². The minimum absolute atomic E-state index is 0.000411. The topological polar surface area (TPSA) is 43.4 Å². The number of ketones is 1. The van der Waals surface area contributed by atoms with Gasteiger partial charge in [0, 0.05) is 26.7 Å². The van der Waals surface area contributed by atoms with Crippen molar-refractivity contribution in [1.82, 2.24) is 0 Å². The summed E-state index contributed by atoms with van der Waals surface area (Å²) in [5.41, 5.74) is 1.44. The minimum atomic E-state index is -1.01. The summed E-state index contributed by atoms with van der Waals surface area (Å²) in [5, 5.41) is 0. The van der Waals surface area contributed by atoms with Gasteiger partial charge in [-0.15, -0.1) is 0 Å². The molecule has 0 aromatic heterocycles. The first-order valence-electron chi connectivity index (χ1n) is 5.82. The molecule has 0 N–H and O–H groups in total. The Labute approximate surface area is 111 Å². The molecule has 0 spiro atoms. The zero-order chi connectivity index (χ0) is 13.9. The second-order valence-corrected chi connectivity index (χ2v) is 7.39. The van der Waals surface area contributed by atoms with Gasteiger partial charge in [0.1, 0.15) is 5.75 Å². The standard InChI is InChI=1S/C14H20O3S/c1-10(15)11-6-7-13(17-5)12(8-11)9-18(16)14(2,3)4/h6-8H,9H2,1-5H3. The second kappa shape index (κ2) is 5.65. The van der Waals surface area contributed by atoms with Crippen LogP contribution in [-0.2, 0) is 16.6 Å². The summed E-state index contributed by atoms with van der Waals surface area (Å²) < 4.78 is 17.1. The van der Waals surface area contributed by atoms with E-state index in [-0.39, 0.29) is 10.5 Å². The number of methoxy groups -OCH3 is 1. The maximum Gasteiger partial charge on any atom is 0.159 e. The monoisotopic (exact) mass is 268 g/mol. The van der Waals surface area contributed by atoms with Gasteiger partial charge in [-0.1, -0.05) is 0 Å². The van der Waals surface area contributed by atoms with Crippen LogP contribution in [0.25, 0.3) is 0 Å². The van der Waals surface area contributed by atoms with Crippen LogP contribution in [0.2, 0.25) is 0 Å². The Balaban J connectivity index is 3.09. The SMILES string of the molecule is COc1ccc(C(C)=O)cc1CS(=O)C(C)(C)C. The van der Waals surface area contributed by atoms with Crippen LogP contribution >= 0.6 is 0 Å². The van der Waals surface area contributed by atoms with Crippen molar-refractivity contribution in [2.75, 3.05) is 7.11 Å². The molecular weight excluding hydrogens is 248 g/mol. The van der Waals surface area contributed by atoms with E-state index in [1.165, 1.54) is 6.92 Å². The third-order valence-electron chi connectivity index (χ3n) is 2.66.